The second kappa shape index (κ2) is 14.8. The Morgan fingerprint density at radius 2 is 1.04 bits per heavy atom. The van der Waals surface area contributed by atoms with E-state index in [-0.39, 0.29) is 27.2 Å². The number of carboxylic acids is 3. The van der Waals surface area contributed by atoms with Crippen LogP contribution in [-0.2, 0) is 14.4 Å². The van der Waals surface area contributed by atoms with Gasteiger partial charge in [-0.05, 0) is 0 Å². The van der Waals surface area contributed by atoms with E-state index < -0.39 is 36.4 Å². The zero-order valence-corrected chi connectivity index (χ0v) is 12.5. The van der Waals surface area contributed by atoms with E-state index in [9.17, 15) is 14.4 Å². The SMILES string of the molecule is C.O=C(O)CC(O)(CC(=O)O)C(=O)O.OCCN(CCO)CCO. The Labute approximate surface area is 139 Å². The number of nitrogens with zero attached hydrogens (tertiary/aromatic N) is 1. The van der Waals surface area contributed by atoms with Crippen LogP contribution < -0.4 is 0 Å². The van der Waals surface area contributed by atoms with Gasteiger partial charge in [0.1, 0.15) is 0 Å². The maximum absolute atomic E-state index is 10.3. The van der Waals surface area contributed by atoms with Crippen LogP contribution in [0.2, 0.25) is 0 Å². The smallest absolute Gasteiger partial charge is 0.336 e. The zero-order valence-electron chi connectivity index (χ0n) is 12.5. The van der Waals surface area contributed by atoms with Crippen molar-refractivity contribution in [3.8, 4) is 0 Å². The van der Waals surface area contributed by atoms with Gasteiger partial charge in [-0.1, -0.05) is 7.43 Å². The van der Waals surface area contributed by atoms with Crippen LogP contribution in [0.5, 0.6) is 0 Å². The lowest BCUT2D eigenvalue weighted by molar-refractivity contribution is -0.170. The van der Waals surface area contributed by atoms with Crippen molar-refractivity contribution in [1.29, 1.82) is 0 Å². The number of rotatable bonds is 11. The van der Waals surface area contributed by atoms with Crippen molar-refractivity contribution in [3.05, 3.63) is 0 Å². The van der Waals surface area contributed by atoms with Crippen LogP contribution in [0.15, 0.2) is 0 Å². The Morgan fingerprint density at radius 1 is 0.750 bits per heavy atom. The second-order valence-electron chi connectivity index (χ2n) is 4.49. The van der Waals surface area contributed by atoms with E-state index >= 15 is 0 Å². The molecule has 0 aliphatic heterocycles. The van der Waals surface area contributed by atoms with Crippen LogP contribution >= 0.6 is 0 Å². The summed E-state index contributed by atoms with van der Waals surface area (Å²) in [6.45, 7) is 1.75. The highest BCUT2D eigenvalue weighted by atomic mass is 16.4. The highest BCUT2D eigenvalue weighted by Crippen LogP contribution is 2.15. The topological polar surface area (TPSA) is 196 Å². The molecule has 0 fully saturated rings. The summed E-state index contributed by atoms with van der Waals surface area (Å²) < 4.78 is 0. The summed E-state index contributed by atoms with van der Waals surface area (Å²) in [5.74, 6) is -5.02. The standard InChI is InChI=1S/C6H15NO3.C6H8O7.CH4/c8-4-1-7(2-5-9)3-6-10;7-3(8)1-6(13,5(11)12)2-4(9)10;/h8-10H,1-6H2;13H,1-2H2,(H,7,8)(H,9,10)(H,11,12);1H4. The second-order valence-corrected chi connectivity index (χ2v) is 4.49. The molecule has 0 saturated heterocycles. The number of carboxylic acid groups (broad SMARTS) is 3. The van der Waals surface area contributed by atoms with Crippen molar-refractivity contribution >= 4 is 17.9 Å². The third kappa shape index (κ3) is 13.8. The monoisotopic (exact) mass is 357 g/mol. The van der Waals surface area contributed by atoms with Gasteiger partial charge in [0.25, 0.3) is 0 Å². The van der Waals surface area contributed by atoms with Crippen LogP contribution in [0.4, 0.5) is 0 Å². The maximum atomic E-state index is 10.3. The summed E-state index contributed by atoms with van der Waals surface area (Å²) in [6, 6.07) is 0. The first-order valence-corrected chi connectivity index (χ1v) is 6.57. The normalized spacial score (nSPS) is 10.4. The number of aliphatic hydroxyl groups excluding tert-OH is 3. The molecule has 0 saturated carbocycles. The maximum Gasteiger partial charge on any atom is 0.336 e. The van der Waals surface area contributed by atoms with E-state index in [1.807, 2.05) is 0 Å². The largest absolute Gasteiger partial charge is 0.481 e. The van der Waals surface area contributed by atoms with Gasteiger partial charge in [-0.2, -0.15) is 0 Å². The lowest BCUT2D eigenvalue weighted by atomic mass is 9.96. The van der Waals surface area contributed by atoms with E-state index in [0.717, 1.165) is 0 Å². The molecular weight excluding hydrogens is 330 g/mol. The number of hydrogen-bond acceptors (Lipinski definition) is 8. The van der Waals surface area contributed by atoms with Crippen LogP contribution in [-0.4, -0.2) is 104 Å². The molecular formula is C13H27NO10. The minimum atomic E-state index is -2.74. The third-order valence-electron chi connectivity index (χ3n) is 2.53. The van der Waals surface area contributed by atoms with Gasteiger partial charge in [0.15, 0.2) is 5.60 Å². The highest BCUT2D eigenvalue weighted by molar-refractivity contribution is 5.88. The molecule has 11 heteroatoms. The molecule has 0 bridgehead atoms. The van der Waals surface area contributed by atoms with E-state index in [4.69, 9.17) is 35.7 Å². The molecule has 0 heterocycles. The van der Waals surface area contributed by atoms with Crippen molar-refractivity contribution < 1.29 is 50.1 Å². The Hall–Kier alpha value is -1.79. The van der Waals surface area contributed by atoms with Crippen molar-refractivity contribution in [2.45, 2.75) is 25.9 Å². The Kier molecular flexibility index (Phi) is 16.7. The van der Waals surface area contributed by atoms with Gasteiger partial charge >= 0.3 is 17.9 Å². The molecule has 144 valence electrons. The van der Waals surface area contributed by atoms with E-state index in [1.54, 1.807) is 4.90 Å². The average molecular weight is 357 g/mol. The molecule has 0 aromatic heterocycles. The molecule has 0 aliphatic rings. The predicted octanol–water partition coefficient (Wildman–Crippen LogP) is -2.35. The Morgan fingerprint density at radius 3 is 1.21 bits per heavy atom. The van der Waals surface area contributed by atoms with E-state index in [1.165, 1.54) is 0 Å². The molecule has 7 N–H and O–H groups in total. The molecule has 0 aromatic rings. The molecule has 0 unspecified atom stereocenters. The number of aliphatic hydroxyl groups is 4. The molecule has 0 spiro atoms. The summed E-state index contributed by atoms with van der Waals surface area (Å²) in [5, 5.41) is 59.3. The first kappa shape index (κ1) is 27.1. The highest BCUT2D eigenvalue weighted by Gasteiger charge is 2.40. The van der Waals surface area contributed by atoms with Gasteiger partial charge in [0.05, 0.1) is 32.7 Å². The summed E-state index contributed by atoms with van der Waals surface area (Å²) in [5.41, 5.74) is -2.74. The van der Waals surface area contributed by atoms with Crippen molar-refractivity contribution in [3.63, 3.8) is 0 Å². The first-order valence-electron chi connectivity index (χ1n) is 6.57. The van der Waals surface area contributed by atoms with Gasteiger partial charge in [0, 0.05) is 19.6 Å². The lowest BCUT2D eigenvalue weighted by Gasteiger charge is -2.18. The van der Waals surface area contributed by atoms with Gasteiger partial charge in [-0.3, -0.25) is 14.5 Å². The van der Waals surface area contributed by atoms with Crippen LogP contribution in [0.3, 0.4) is 0 Å². The quantitative estimate of drug-likeness (QED) is 0.209. The number of carbonyl (C=O) groups is 3. The minimum Gasteiger partial charge on any atom is -0.481 e. The van der Waals surface area contributed by atoms with Crippen molar-refractivity contribution in [2.75, 3.05) is 39.5 Å². The molecule has 0 aromatic carbocycles. The van der Waals surface area contributed by atoms with Crippen molar-refractivity contribution in [2.24, 2.45) is 0 Å². The molecule has 0 rings (SSSR count). The fourth-order valence-electron chi connectivity index (χ4n) is 1.47. The summed E-state index contributed by atoms with van der Waals surface area (Å²) in [7, 11) is 0. The van der Waals surface area contributed by atoms with E-state index in [0.29, 0.717) is 19.6 Å². The summed E-state index contributed by atoms with van der Waals surface area (Å²) in [4.78, 5) is 32.3. The predicted molar refractivity (Wildman–Crippen MR) is 81.5 cm³/mol. The molecule has 24 heavy (non-hydrogen) atoms. The molecule has 11 nitrogen and oxygen atoms in total. The summed E-state index contributed by atoms with van der Waals surface area (Å²) >= 11 is 0. The molecule has 0 atom stereocenters. The van der Waals surface area contributed by atoms with Crippen LogP contribution in [0.1, 0.15) is 20.3 Å². The van der Waals surface area contributed by atoms with Gasteiger partial charge in [-0.25, -0.2) is 4.79 Å². The number of hydrogen-bond donors (Lipinski definition) is 7. The van der Waals surface area contributed by atoms with Gasteiger partial charge in [-0.15, -0.1) is 0 Å². The lowest BCUT2D eigenvalue weighted by Crippen LogP contribution is -2.42. The zero-order chi connectivity index (χ0) is 18.5. The molecule has 0 radical (unpaired) electrons. The van der Waals surface area contributed by atoms with Gasteiger partial charge in [0.2, 0.25) is 0 Å². The fraction of sp³-hybridized carbons (Fsp3) is 0.769. The van der Waals surface area contributed by atoms with Crippen LogP contribution in [0.25, 0.3) is 0 Å². The van der Waals surface area contributed by atoms with Crippen LogP contribution in [0, 0.1) is 0 Å². The number of aliphatic carboxylic acids is 3. The van der Waals surface area contributed by atoms with Crippen molar-refractivity contribution in [1.82, 2.24) is 4.90 Å². The third-order valence-corrected chi connectivity index (χ3v) is 2.53. The summed E-state index contributed by atoms with van der Waals surface area (Å²) in [6.07, 6.45) is -2.29. The Bertz CT molecular complexity index is 343. The Balaban J connectivity index is -0.000000364. The minimum absolute atomic E-state index is 0. The molecule has 0 amide bonds. The first-order chi connectivity index (χ1) is 10.6. The molecule has 0 aliphatic carbocycles. The van der Waals surface area contributed by atoms with E-state index in [2.05, 4.69) is 0 Å². The fourth-order valence-corrected chi connectivity index (χ4v) is 1.47. The average Bonchev–Trinajstić information content (AvgIpc) is 2.38. The van der Waals surface area contributed by atoms with Gasteiger partial charge < -0.3 is 35.7 Å².